The average Bonchev–Trinajstić information content (AvgIpc) is 3.36. The number of rotatable bonds is 6. The summed E-state index contributed by atoms with van der Waals surface area (Å²) in [5.74, 6) is 6.23. The van der Waals surface area contributed by atoms with Gasteiger partial charge in [-0.1, -0.05) is 123 Å². The molecule has 0 fully saturated rings. The number of aromatic nitrogens is 1. The lowest BCUT2D eigenvalue weighted by Gasteiger charge is -2.15. The highest BCUT2D eigenvalue weighted by Crippen LogP contribution is 2.32. The first-order valence-electron chi connectivity index (χ1n) is 14.3. The van der Waals surface area contributed by atoms with Gasteiger partial charge in [0.2, 0.25) is 0 Å². The molecule has 2 aromatic rings. The van der Waals surface area contributed by atoms with Crippen molar-refractivity contribution in [2.75, 3.05) is 18.9 Å². The first-order chi connectivity index (χ1) is 20.2. The zero-order valence-electron chi connectivity index (χ0n) is 27.7. The standard InChI is InChI=1S/C17H19N3OS.C9H13F2P.2C3H8.C2H4O/c1-4-11-20(3)17(21)19-16-18-12-15(22-16)10-9-14-8-6-5-7-13(14)2;1-4-5-8(6-7(2)3)9(10,11)12;2*1-3-2;1-2-3/h5-8,12H,4,11H2,1-3H3,(H,18,19,21);4-6H,1,12H2,2-3H3;2*3H2,1-2H3;2H,1H3/b;8-5+;;;. The molecule has 1 atom stereocenters. The Balaban J connectivity index is -0.000000640. The molecule has 2 rings (SSSR count). The minimum Gasteiger partial charge on any atom is -0.328 e. The number of aryl methyl sites for hydroxylation is 1. The van der Waals surface area contributed by atoms with E-state index in [0.29, 0.717) is 5.13 Å². The molecular weight excluding hydrogens is 583 g/mol. The Labute approximate surface area is 266 Å². The fourth-order valence-electron chi connectivity index (χ4n) is 2.55. The molecule has 1 aromatic carbocycles. The van der Waals surface area contributed by atoms with Crippen LogP contribution in [0.5, 0.6) is 0 Å². The first kappa shape index (κ1) is 44.3. The lowest BCUT2D eigenvalue weighted by atomic mass is 10.1. The molecule has 0 aliphatic rings. The summed E-state index contributed by atoms with van der Waals surface area (Å²) in [7, 11) is 3.27. The van der Waals surface area contributed by atoms with Crippen LogP contribution in [0.3, 0.4) is 0 Å². The van der Waals surface area contributed by atoms with Crippen LogP contribution in [0.25, 0.3) is 0 Å². The van der Waals surface area contributed by atoms with Crippen molar-refractivity contribution in [1.82, 2.24) is 9.88 Å². The van der Waals surface area contributed by atoms with E-state index in [2.05, 4.69) is 56.4 Å². The molecule has 1 unspecified atom stereocenters. The van der Waals surface area contributed by atoms with Gasteiger partial charge in [0, 0.05) is 24.7 Å². The third kappa shape index (κ3) is 25.1. The van der Waals surface area contributed by atoms with Gasteiger partial charge >= 0.3 is 6.03 Å². The summed E-state index contributed by atoms with van der Waals surface area (Å²) < 4.78 is 25.5. The van der Waals surface area contributed by atoms with Crippen molar-refractivity contribution in [3.63, 3.8) is 0 Å². The molecule has 43 heavy (non-hydrogen) atoms. The van der Waals surface area contributed by atoms with Gasteiger partial charge < -0.3 is 9.69 Å². The molecule has 0 saturated heterocycles. The van der Waals surface area contributed by atoms with Crippen molar-refractivity contribution in [3.8, 4) is 11.8 Å². The number of carbonyl (C=O) groups is 2. The fraction of sp³-hybridized carbons (Fsp3) is 0.441. The maximum absolute atomic E-state index is 12.7. The molecule has 0 saturated carbocycles. The predicted octanol–water partition coefficient (Wildman–Crippen LogP) is 10.3. The van der Waals surface area contributed by atoms with Crippen LogP contribution in [-0.2, 0) is 4.79 Å². The molecule has 1 N–H and O–H groups in total. The third-order valence-electron chi connectivity index (χ3n) is 4.22. The number of hydrogen-bond acceptors (Lipinski definition) is 4. The Morgan fingerprint density at radius 2 is 1.67 bits per heavy atom. The van der Waals surface area contributed by atoms with Crippen LogP contribution in [-0.4, -0.2) is 41.5 Å². The van der Waals surface area contributed by atoms with Crippen LogP contribution >= 0.6 is 20.6 Å². The molecule has 5 nitrogen and oxygen atoms in total. The summed E-state index contributed by atoms with van der Waals surface area (Å²) in [6.45, 7) is 21.6. The van der Waals surface area contributed by atoms with Crippen molar-refractivity contribution in [2.45, 2.75) is 87.2 Å². The van der Waals surface area contributed by atoms with Gasteiger partial charge in [0.05, 0.1) is 11.1 Å². The number of allylic oxidation sites excluding steroid dienone is 5. The number of alkyl halides is 2. The summed E-state index contributed by atoms with van der Waals surface area (Å²) in [6, 6.07) is 7.85. The number of aldehydes is 1. The van der Waals surface area contributed by atoms with E-state index in [-0.39, 0.29) is 11.6 Å². The lowest BCUT2D eigenvalue weighted by molar-refractivity contribution is -0.106. The van der Waals surface area contributed by atoms with E-state index < -0.39 is 5.66 Å². The second-order valence-electron chi connectivity index (χ2n) is 9.30. The van der Waals surface area contributed by atoms with E-state index in [4.69, 9.17) is 4.79 Å². The number of amides is 2. The van der Waals surface area contributed by atoms with E-state index in [9.17, 15) is 13.6 Å². The fourth-order valence-corrected chi connectivity index (χ4v) is 3.39. The van der Waals surface area contributed by atoms with Crippen LogP contribution in [0, 0.1) is 18.8 Å². The van der Waals surface area contributed by atoms with E-state index in [1.807, 2.05) is 38.1 Å². The van der Waals surface area contributed by atoms with Gasteiger partial charge in [0.15, 0.2) is 5.13 Å². The van der Waals surface area contributed by atoms with Gasteiger partial charge in [-0.3, -0.25) is 5.32 Å². The quantitative estimate of drug-likeness (QED) is 0.149. The minimum absolute atomic E-state index is 0.0394. The van der Waals surface area contributed by atoms with E-state index in [0.717, 1.165) is 40.8 Å². The van der Waals surface area contributed by atoms with Gasteiger partial charge in [0.1, 0.15) is 6.29 Å². The van der Waals surface area contributed by atoms with Crippen LogP contribution in [0.2, 0.25) is 0 Å². The maximum atomic E-state index is 12.7. The molecule has 0 radical (unpaired) electrons. The first-order valence-corrected chi connectivity index (χ1v) is 15.7. The summed E-state index contributed by atoms with van der Waals surface area (Å²) >= 11 is 1.38. The van der Waals surface area contributed by atoms with Gasteiger partial charge in [-0.15, -0.1) is 0 Å². The minimum atomic E-state index is -2.87. The van der Waals surface area contributed by atoms with E-state index in [1.165, 1.54) is 58.6 Å². The largest absolute Gasteiger partial charge is 0.328 e. The number of anilines is 1. The number of halogens is 2. The molecule has 9 heteroatoms. The average molecular weight is 636 g/mol. The summed E-state index contributed by atoms with van der Waals surface area (Å²) in [6.07, 6.45) is 9.96. The Hall–Kier alpha value is -3.14. The zero-order valence-corrected chi connectivity index (χ0v) is 29.7. The molecule has 0 spiro atoms. The number of carbonyl (C=O) groups excluding carboxylic acids is 2. The number of hydrogen-bond donors (Lipinski definition) is 1. The molecular formula is C34H52F2N3O2PS. The van der Waals surface area contributed by atoms with Crippen LogP contribution in [0.4, 0.5) is 18.7 Å². The topological polar surface area (TPSA) is 62.3 Å². The Kier molecular flexibility index (Phi) is 28.5. The molecule has 0 bridgehead atoms. The van der Waals surface area contributed by atoms with Crippen LogP contribution in [0.1, 0.15) is 90.7 Å². The molecule has 240 valence electrons. The van der Waals surface area contributed by atoms with Gasteiger partial charge in [0.25, 0.3) is 5.66 Å². The zero-order chi connectivity index (χ0) is 33.8. The molecule has 0 aliphatic carbocycles. The predicted molar refractivity (Wildman–Crippen MR) is 187 cm³/mol. The number of nitrogens with one attached hydrogen (secondary N) is 1. The monoisotopic (exact) mass is 635 g/mol. The Bertz CT molecular complexity index is 1170. The number of urea groups is 1. The highest BCUT2D eigenvalue weighted by Gasteiger charge is 2.25. The van der Waals surface area contributed by atoms with Crippen LogP contribution < -0.4 is 5.32 Å². The van der Waals surface area contributed by atoms with Gasteiger partial charge in [-0.25, -0.2) is 9.78 Å². The number of thiazole rings is 1. The second-order valence-corrected chi connectivity index (χ2v) is 11.1. The summed E-state index contributed by atoms with van der Waals surface area (Å²) in [4.78, 5) is 27.3. The molecule has 1 heterocycles. The third-order valence-corrected chi connectivity index (χ3v) is 5.38. The summed E-state index contributed by atoms with van der Waals surface area (Å²) in [5, 5.41) is 3.35. The molecule has 0 aliphatic heterocycles. The number of nitrogens with zero attached hydrogens (tertiary/aromatic N) is 2. The van der Waals surface area contributed by atoms with Crippen LogP contribution in [0.15, 0.2) is 66.4 Å². The van der Waals surface area contributed by atoms with Crippen molar-refractivity contribution >= 4 is 38.0 Å². The highest BCUT2D eigenvalue weighted by atomic mass is 32.1. The Morgan fingerprint density at radius 1 is 1.14 bits per heavy atom. The van der Waals surface area contributed by atoms with Crippen molar-refractivity contribution in [1.29, 1.82) is 0 Å². The normalized spacial score (nSPS) is 9.65. The maximum Gasteiger partial charge on any atom is 0.323 e. The van der Waals surface area contributed by atoms with Gasteiger partial charge in [-0.2, -0.15) is 8.78 Å². The number of benzene rings is 1. The van der Waals surface area contributed by atoms with E-state index in [1.54, 1.807) is 32.0 Å². The molecule has 2 amide bonds. The van der Waals surface area contributed by atoms with E-state index >= 15 is 0 Å². The lowest BCUT2D eigenvalue weighted by Crippen LogP contribution is -2.31. The van der Waals surface area contributed by atoms with Crippen molar-refractivity contribution in [3.05, 3.63) is 82.4 Å². The second kappa shape index (κ2) is 27.7. The SMILES string of the molecule is C=C/C=C(\C=C(C)C)C(F)(F)P.CC=O.CCC.CCC.CCCN(C)C(=O)Nc1ncc(C#Cc2ccccc2C)s1. The highest BCUT2D eigenvalue weighted by molar-refractivity contribution is 7.18. The van der Waals surface area contributed by atoms with Crippen molar-refractivity contribution in [2.24, 2.45) is 0 Å². The smallest absolute Gasteiger partial charge is 0.323 e. The van der Waals surface area contributed by atoms with Gasteiger partial charge in [-0.05, 0) is 51.7 Å². The Morgan fingerprint density at radius 3 is 2.12 bits per heavy atom. The van der Waals surface area contributed by atoms with Crippen molar-refractivity contribution < 1.29 is 18.4 Å². The molecule has 1 aromatic heterocycles. The summed E-state index contributed by atoms with van der Waals surface area (Å²) in [5.41, 5.74) is 0.0805.